The molecule has 1 amide bonds. The smallest absolute Gasteiger partial charge is 0.264 e. The van der Waals surface area contributed by atoms with Gasteiger partial charge in [-0.25, -0.2) is 8.42 Å². The summed E-state index contributed by atoms with van der Waals surface area (Å²) in [6.45, 7) is 1.43. The van der Waals surface area contributed by atoms with Crippen LogP contribution in [0.1, 0.15) is 5.56 Å². The third-order valence-corrected chi connectivity index (χ3v) is 7.40. The van der Waals surface area contributed by atoms with Gasteiger partial charge in [-0.1, -0.05) is 90.0 Å². The maximum atomic E-state index is 13.6. The fraction of sp³-hybridized carbons (Fsp3) is 0.0741. The molecule has 0 fully saturated rings. The molecule has 7 heteroatoms. The van der Waals surface area contributed by atoms with E-state index in [1.165, 1.54) is 12.1 Å². The van der Waals surface area contributed by atoms with Crippen molar-refractivity contribution in [3.8, 4) is 11.1 Å². The molecule has 5 nitrogen and oxygen atoms in total. The second-order valence-electron chi connectivity index (χ2n) is 7.74. The minimum atomic E-state index is -4.05. The monoisotopic (exact) mass is 490 g/mol. The van der Waals surface area contributed by atoms with Crippen molar-refractivity contribution in [1.82, 2.24) is 0 Å². The molecule has 0 aliphatic heterocycles. The zero-order chi connectivity index (χ0) is 24.1. The number of rotatable bonds is 7. The molecule has 0 aliphatic rings. The Morgan fingerprint density at radius 3 is 2.15 bits per heavy atom. The molecular formula is C27H23ClN2O3S. The van der Waals surface area contributed by atoms with Gasteiger partial charge in [0.2, 0.25) is 5.91 Å². The molecule has 0 aromatic heterocycles. The number of carbonyl (C=O) groups excluding carboxylic acids is 1. The van der Waals surface area contributed by atoms with E-state index in [1.54, 1.807) is 42.5 Å². The number of halogens is 1. The average molecular weight is 491 g/mol. The lowest BCUT2D eigenvalue weighted by molar-refractivity contribution is -0.114. The number of sulfonamides is 1. The Balaban J connectivity index is 1.68. The second-order valence-corrected chi connectivity index (χ2v) is 10.0. The standard InChI is InChI=1S/C27H23ClN2O3S/c1-20-15-17-22(18-16-20)34(32,33)30(26-14-8-6-12-24(26)28)19-27(31)29-25-13-7-5-11-23(25)21-9-3-2-4-10-21/h2-18H,19H2,1H3,(H,29,31). The number of hydrogen-bond donors (Lipinski definition) is 1. The Bertz CT molecular complexity index is 1410. The second kappa shape index (κ2) is 10.1. The lowest BCUT2D eigenvalue weighted by Crippen LogP contribution is -2.38. The molecule has 0 unspecified atom stereocenters. The fourth-order valence-electron chi connectivity index (χ4n) is 3.57. The highest BCUT2D eigenvalue weighted by molar-refractivity contribution is 7.92. The van der Waals surface area contributed by atoms with Crippen molar-refractivity contribution in [2.75, 3.05) is 16.2 Å². The Hall–Kier alpha value is -3.61. The molecule has 0 saturated carbocycles. The summed E-state index contributed by atoms with van der Waals surface area (Å²) in [5.41, 5.74) is 3.52. The quantitative estimate of drug-likeness (QED) is 0.338. The van der Waals surface area contributed by atoms with Crippen molar-refractivity contribution < 1.29 is 13.2 Å². The van der Waals surface area contributed by atoms with Gasteiger partial charge in [0, 0.05) is 11.3 Å². The highest BCUT2D eigenvalue weighted by atomic mass is 35.5. The van der Waals surface area contributed by atoms with Gasteiger partial charge in [-0.05, 0) is 42.8 Å². The molecule has 0 bridgehead atoms. The first-order chi connectivity index (χ1) is 16.4. The summed E-state index contributed by atoms with van der Waals surface area (Å²) in [6.07, 6.45) is 0. The van der Waals surface area contributed by atoms with Gasteiger partial charge in [0.05, 0.1) is 15.6 Å². The summed E-state index contributed by atoms with van der Waals surface area (Å²) < 4.78 is 28.2. The predicted molar refractivity (Wildman–Crippen MR) is 138 cm³/mol. The van der Waals surface area contributed by atoms with Crippen molar-refractivity contribution in [2.45, 2.75) is 11.8 Å². The number of nitrogens with one attached hydrogen (secondary N) is 1. The van der Waals surface area contributed by atoms with Crippen LogP contribution in [0.2, 0.25) is 5.02 Å². The van der Waals surface area contributed by atoms with E-state index in [-0.39, 0.29) is 15.6 Å². The minimum Gasteiger partial charge on any atom is -0.324 e. The highest BCUT2D eigenvalue weighted by Crippen LogP contribution is 2.31. The molecular weight excluding hydrogens is 468 g/mol. The summed E-state index contributed by atoms with van der Waals surface area (Å²) in [6, 6.07) is 30.1. The summed E-state index contributed by atoms with van der Waals surface area (Å²) in [5, 5.41) is 3.11. The fourth-order valence-corrected chi connectivity index (χ4v) is 5.30. The summed E-state index contributed by atoms with van der Waals surface area (Å²) in [7, 11) is -4.05. The van der Waals surface area contributed by atoms with Crippen LogP contribution in [-0.2, 0) is 14.8 Å². The Labute approximate surface area is 204 Å². The van der Waals surface area contributed by atoms with E-state index in [0.29, 0.717) is 5.69 Å². The molecule has 4 rings (SSSR count). The van der Waals surface area contributed by atoms with Crippen molar-refractivity contribution in [3.05, 3.63) is 114 Å². The Morgan fingerprint density at radius 1 is 0.824 bits per heavy atom. The molecule has 0 atom stereocenters. The van der Waals surface area contributed by atoms with Crippen LogP contribution in [0.15, 0.2) is 108 Å². The number of benzene rings is 4. The molecule has 172 valence electrons. The minimum absolute atomic E-state index is 0.0792. The van der Waals surface area contributed by atoms with Gasteiger partial charge in [-0.2, -0.15) is 0 Å². The predicted octanol–water partition coefficient (Wildman–Crippen LogP) is 6.15. The summed E-state index contributed by atoms with van der Waals surface area (Å²) in [5.74, 6) is -0.487. The van der Waals surface area contributed by atoms with E-state index in [1.807, 2.05) is 55.5 Å². The molecule has 1 N–H and O–H groups in total. The normalized spacial score (nSPS) is 11.1. The molecule has 4 aromatic rings. The van der Waals surface area contributed by atoms with Gasteiger partial charge in [0.25, 0.3) is 10.0 Å². The topological polar surface area (TPSA) is 66.5 Å². The van der Waals surface area contributed by atoms with Gasteiger partial charge < -0.3 is 5.32 Å². The largest absolute Gasteiger partial charge is 0.324 e. The lowest BCUT2D eigenvalue weighted by Gasteiger charge is -2.25. The molecule has 0 saturated heterocycles. The zero-order valence-corrected chi connectivity index (χ0v) is 20.1. The van der Waals surface area contributed by atoms with E-state index < -0.39 is 22.5 Å². The van der Waals surface area contributed by atoms with Crippen molar-refractivity contribution >= 4 is 38.9 Å². The van der Waals surface area contributed by atoms with Crippen molar-refractivity contribution in [1.29, 1.82) is 0 Å². The molecule has 34 heavy (non-hydrogen) atoms. The van der Waals surface area contributed by atoms with Gasteiger partial charge in [-0.15, -0.1) is 0 Å². The van der Waals surface area contributed by atoms with Gasteiger partial charge in [0.1, 0.15) is 6.54 Å². The number of carbonyl (C=O) groups is 1. The van der Waals surface area contributed by atoms with Crippen LogP contribution in [0.4, 0.5) is 11.4 Å². The molecule has 4 aromatic carbocycles. The van der Waals surface area contributed by atoms with E-state index in [2.05, 4.69) is 5.32 Å². The third-order valence-electron chi connectivity index (χ3n) is 5.30. The van der Waals surface area contributed by atoms with Crippen LogP contribution in [-0.4, -0.2) is 20.9 Å². The SMILES string of the molecule is Cc1ccc(S(=O)(=O)N(CC(=O)Nc2ccccc2-c2ccccc2)c2ccccc2Cl)cc1. The molecule has 0 heterocycles. The first kappa shape index (κ1) is 23.5. The summed E-state index contributed by atoms with van der Waals surface area (Å²) >= 11 is 6.35. The lowest BCUT2D eigenvalue weighted by atomic mass is 10.0. The van der Waals surface area contributed by atoms with E-state index in [0.717, 1.165) is 21.0 Å². The van der Waals surface area contributed by atoms with Crippen LogP contribution >= 0.6 is 11.6 Å². The van der Waals surface area contributed by atoms with Crippen molar-refractivity contribution in [2.24, 2.45) is 0 Å². The molecule has 0 radical (unpaired) electrons. The van der Waals surface area contributed by atoms with Crippen molar-refractivity contribution in [3.63, 3.8) is 0 Å². The van der Waals surface area contributed by atoms with E-state index in [9.17, 15) is 13.2 Å². The Kier molecular flexibility index (Phi) is 7.01. The zero-order valence-electron chi connectivity index (χ0n) is 18.5. The van der Waals surface area contributed by atoms with E-state index in [4.69, 9.17) is 11.6 Å². The van der Waals surface area contributed by atoms with E-state index >= 15 is 0 Å². The van der Waals surface area contributed by atoms with Crippen LogP contribution in [0, 0.1) is 6.92 Å². The first-order valence-corrected chi connectivity index (χ1v) is 12.5. The average Bonchev–Trinajstić information content (AvgIpc) is 2.84. The first-order valence-electron chi connectivity index (χ1n) is 10.6. The number of hydrogen-bond acceptors (Lipinski definition) is 3. The molecule has 0 aliphatic carbocycles. The van der Waals surface area contributed by atoms with Gasteiger partial charge in [-0.3, -0.25) is 9.10 Å². The van der Waals surface area contributed by atoms with Gasteiger partial charge in [0.15, 0.2) is 0 Å². The maximum absolute atomic E-state index is 13.6. The van der Waals surface area contributed by atoms with Crippen LogP contribution in [0.5, 0.6) is 0 Å². The Morgan fingerprint density at radius 2 is 1.44 bits per heavy atom. The number of nitrogens with zero attached hydrogens (tertiary/aromatic N) is 1. The maximum Gasteiger partial charge on any atom is 0.264 e. The number of amides is 1. The van der Waals surface area contributed by atoms with Crippen LogP contribution in [0.3, 0.4) is 0 Å². The van der Waals surface area contributed by atoms with Gasteiger partial charge >= 0.3 is 0 Å². The third kappa shape index (κ3) is 5.14. The number of aryl methyl sites for hydroxylation is 1. The highest BCUT2D eigenvalue weighted by Gasteiger charge is 2.28. The number of anilines is 2. The molecule has 0 spiro atoms. The number of para-hydroxylation sites is 2. The van der Waals surface area contributed by atoms with Crippen LogP contribution in [0.25, 0.3) is 11.1 Å². The summed E-state index contributed by atoms with van der Waals surface area (Å²) in [4.78, 5) is 13.2. The van der Waals surface area contributed by atoms with Crippen LogP contribution < -0.4 is 9.62 Å².